The molecular formula is C15H26N2O. The molecule has 0 heterocycles. The second kappa shape index (κ2) is 5.60. The maximum absolute atomic E-state index is 11.8. The minimum Gasteiger partial charge on any atom is -0.355 e. The van der Waals surface area contributed by atoms with Gasteiger partial charge in [-0.25, -0.2) is 0 Å². The van der Waals surface area contributed by atoms with Crippen LogP contribution in [0.15, 0.2) is 0 Å². The van der Waals surface area contributed by atoms with E-state index >= 15 is 0 Å². The van der Waals surface area contributed by atoms with Crippen LogP contribution >= 0.6 is 0 Å². The van der Waals surface area contributed by atoms with Crippen molar-refractivity contribution in [3.63, 3.8) is 0 Å². The fourth-order valence-corrected chi connectivity index (χ4v) is 3.43. The van der Waals surface area contributed by atoms with Crippen LogP contribution in [0.5, 0.6) is 0 Å². The molecule has 3 rings (SSSR count). The first-order valence-electron chi connectivity index (χ1n) is 7.83. The molecule has 3 heteroatoms. The highest BCUT2D eigenvalue weighted by atomic mass is 16.1. The lowest BCUT2D eigenvalue weighted by Crippen LogP contribution is -2.40. The van der Waals surface area contributed by atoms with Gasteiger partial charge in [-0.15, -0.1) is 0 Å². The Kier molecular flexibility index (Phi) is 3.88. The van der Waals surface area contributed by atoms with Crippen LogP contribution in [-0.2, 0) is 4.79 Å². The summed E-state index contributed by atoms with van der Waals surface area (Å²) < 4.78 is 0. The molecule has 0 aromatic rings. The number of hydrogen-bond donors (Lipinski definition) is 2. The Balaban J connectivity index is 1.32. The first-order valence-corrected chi connectivity index (χ1v) is 7.83. The molecule has 0 aromatic heterocycles. The molecular weight excluding hydrogens is 224 g/mol. The minimum absolute atomic E-state index is 0.202. The summed E-state index contributed by atoms with van der Waals surface area (Å²) in [7, 11) is 0. The normalized spacial score (nSPS) is 24.7. The average Bonchev–Trinajstić information content (AvgIpc) is 3.29. The topological polar surface area (TPSA) is 41.1 Å². The van der Waals surface area contributed by atoms with E-state index in [0.29, 0.717) is 12.6 Å². The zero-order valence-electron chi connectivity index (χ0n) is 11.3. The molecule has 3 aliphatic rings. The Morgan fingerprint density at radius 1 is 1.00 bits per heavy atom. The fraction of sp³-hybridized carbons (Fsp3) is 0.933. The molecule has 102 valence electrons. The van der Waals surface area contributed by atoms with E-state index in [4.69, 9.17) is 0 Å². The molecule has 3 nitrogen and oxygen atoms in total. The summed E-state index contributed by atoms with van der Waals surface area (Å²) in [6, 6.07) is 0.596. The van der Waals surface area contributed by atoms with Crippen molar-refractivity contribution >= 4 is 5.91 Å². The van der Waals surface area contributed by atoms with E-state index in [-0.39, 0.29) is 5.91 Å². The van der Waals surface area contributed by atoms with Crippen molar-refractivity contribution in [2.75, 3.05) is 13.1 Å². The van der Waals surface area contributed by atoms with Gasteiger partial charge in [0.15, 0.2) is 0 Å². The predicted octanol–water partition coefficient (Wildman–Crippen LogP) is 2.07. The van der Waals surface area contributed by atoms with Gasteiger partial charge in [0.2, 0.25) is 5.91 Å². The molecule has 3 fully saturated rings. The molecule has 1 amide bonds. The molecule has 0 spiro atoms. The number of carbonyl (C=O) groups is 1. The lowest BCUT2D eigenvalue weighted by atomic mass is 9.98. The van der Waals surface area contributed by atoms with Crippen LogP contribution < -0.4 is 10.6 Å². The average molecular weight is 250 g/mol. The summed E-state index contributed by atoms with van der Waals surface area (Å²) in [5.74, 6) is 2.86. The molecule has 3 aliphatic carbocycles. The van der Waals surface area contributed by atoms with Crippen molar-refractivity contribution in [3.8, 4) is 0 Å². The maximum Gasteiger partial charge on any atom is 0.233 e. The third-order valence-corrected chi connectivity index (χ3v) is 4.90. The Morgan fingerprint density at radius 3 is 2.17 bits per heavy atom. The lowest BCUT2D eigenvalue weighted by molar-refractivity contribution is -0.120. The van der Waals surface area contributed by atoms with Crippen LogP contribution in [0.25, 0.3) is 0 Å². The Morgan fingerprint density at radius 2 is 1.61 bits per heavy atom. The van der Waals surface area contributed by atoms with Gasteiger partial charge in [0.1, 0.15) is 0 Å². The highest BCUT2D eigenvalue weighted by Crippen LogP contribution is 2.48. The highest BCUT2D eigenvalue weighted by Gasteiger charge is 2.41. The fourth-order valence-electron chi connectivity index (χ4n) is 3.43. The van der Waals surface area contributed by atoms with Crippen molar-refractivity contribution < 1.29 is 4.79 Å². The van der Waals surface area contributed by atoms with Gasteiger partial charge in [-0.2, -0.15) is 0 Å². The highest BCUT2D eigenvalue weighted by molar-refractivity contribution is 5.78. The second-order valence-electron chi connectivity index (χ2n) is 6.51. The van der Waals surface area contributed by atoms with Crippen LogP contribution in [0.2, 0.25) is 0 Å². The second-order valence-corrected chi connectivity index (χ2v) is 6.51. The molecule has 0 saturated heterocycles. The van der Waals surface area contributed by atoms with Crippen molar-refractivity contribution in [2.45, 2.75) is 57.4 Å². The van der Waals surface area contributed by atoms with Gasteiger partial charge in [-0.3, -0.25) is 4.79 Å². The number of hydrogen-bond acceptors (Lipinski definition) is 2. The van der Waals surface area contributed by atoms with Gasteiger partial charge >= 0.3 is 0 Å². The molecule has 0 unspecified atom stereocenters. The first-order chi connectivity index (χ1) is 8.83. The van der Waals surface area contributed by atoms with E-state index in [1.54, 1.807) is 0 Å². The summed E-state index contributed by atoms with van der Waals surface area (Å²) in [4.78, 5) is 11.8. The Hall–Kier alpha value is -0.570. The molecule has 18 heavy (non-hydrogen) atoms. The molecule has 0 atom stereocenters. The van der Waals surface area contributed by atoms with E-state index in [1.807, 2.05) is 0 Å². The van der Waals surface area contributed by atoms with Gasteiger partial charge in [0.05, 0.1) is 6.54 Å². The molecule has 0 bridgehead atoms. The standard InChI is InChI=1S/C15H26N2O/c18-15(10-16-13-3-1-2-4-13)17-9-14(11-5-6-11)12-7-8-12/h11-14,16H,1-10H2,(H,17,18). The van der Waals surface area contributed by atoms with Gasteiger partial charge < -0.3 is 10.6 Å². The summed E-state index contributed by atoms with van der Waals surface area (Å²) in [5, 5.41) is 6.53. The lowest BCUT2D eigenvalue weighted by Gasteiger charge is -2.17. The van der Waals surface area contributed by atoms with Gasteiger partial charge in [-0.1, -0.05) is 12.8 Å². The molecule has 0 aliphatic heterocycles. The van der Waals surface area contributed by atoms with Crippen LogP contribution in [0.1, 0.15) is 51.4 Å². The number of amides is 1. The van der Waals surface area contributed by atoms with Crippen LogP contribution in [-0.4, -0.2) is 25.0 Å². The first kappa shape index (κ1) is 12.5. The zero-order valence-corrected chi connectivity index (χ0v) is 11.3. The third-order valence-electron chi connectivity index (χ3n) is 4.90. The van der Waals surface area contributed by atoms with Crippen LogP contribution in [0, 0.1) is 17.8 Å². The van der Waals surface area contributed by atoms with Crippen molar-refractivity contribution in [3.05, 3.63) is 0 Å². The SMILES string of the molecule is O=C(CNC1CCCC1)NCC(C1CC1)C1CC1. The van der Waals surface area contributed by atoms with Gasteiger partial charge in [0, 0.05) is 12.6 Å². The van der Waals surface area contributed by atoms with Crippen molar-refractivity contribution in [1.29, 1.82) is 0 Å². The summed E-state index contributed by atoms with van der Waals surface area (Å²) in [6.07, 6.45) is 10.7. The monoisotopic (exact) mass is 250 g/mol. The third kappa shape index (κ3) is 3.47. The summed E-state index contributed by atoms with van der Waals surface area (Å²) in [5.41, 5.74) is 0. The maximum atomic E-state index is 11.8. The minimum atomic E-state index is 0.202. The number of nitrogens with one attached hydrogen (secondary N) is 2. The van der Waals surface area contributed by atoms with Crippen molar-refractivity contribution in [2.24, 2.45) is 17.8 Å². The predicted molar refractivity (Wildman–Crippen MR) is 72.2 cm³/mol. The summed E-state index contributed by atoms with van der Waals surface area (Å²) >= 11 is 0. The number of rotatable bonds is 7. The van der Waals surface area contributed by atoms with E-state index < -0.39 is 0 Å². The molecule has 0 aromatic carbocycles. The molecule has 3 saturated carbocycles. The van der Waals surface area contributed by atoms with Gasteiger partial charge in [-0.05, 0) is 56.3 Å². The number of carbonyl (C=O) groups excluding carboxylic acids is 1. The van der Waals surface area contributed by atoms with Gasteiger partial charge in [0.25, 0.3) is 0 Å². The molecule has 2 N–H and O–H groups in total. The summed E-state index contributed by atoms with van der Waals surface area (Å²) in [6.45, 7) is 1.45. The van der Waals surface area contributed by atoms with E-state index in [9.17, 15) is 4.79 Å². The van der Waals surface area contributed by atoms with E-state index in [0.717, 1.165) is 24.3 Å². The Labute approximate surface area is 110 Å². The largest absolute Gasteiger partial charge is 0.355 e. The molecule has 0 radical (unpaired) electrons. The van der Waals surface area contributed by atoms with E-state index in [2.05, 4.69) is 10.6 Å². The zero-order chi connectivity index (χ0) is 12.4. The quantitative estimate of drug-likeness (QED) is 0.726. The Bertz CT molecular complexity index is 279. The van der Waals surface area contributed by atoms with Crippen molar-refractivity contribution in [1.82, 2.24) is 10.6 Å². The van der Waals surface area contributed by atoms with Crippen LogP contribution in [0.4, 0.5) is 0 Å². The van der Waals surface area contributed by atoms with Crippen LogP contribution in [0.3, 0.4) is 0 Å². The smallest absolute Gasteiger partial charge is 0.233 e. The van der Waals surface area contributed by atoms with E-state index in [1.165, 1.54) is 51.4 Å².